The van der Waals surface area contributed by atoms with E-state index in [-0.39, 0.29) is 0 Å². The van der Waals surface area contributed by atoms with Crippen LogP contribution < -0.4 is 10.1 Å². The number of anilines is 1. The predicted octanol–water partition coefficient (Wildman–Crippen LogP) is 2.58. The zero-order valence-corrected chi connectivity index (χ0v) is 13.2. The smallest absolute Gasteiger partial charge is 0.340 e. The lowest BCUT2D eigenvalue weighted by Gasteiger charge is -2.15. The van der Waals surface area contributed by atoms with Gasteiger partial charge >= 0.3 is 5.97 Å². The van der Waals surface area contributed by atoms with Crippen molar-refractivity contribution in [1.82, 2.24) is 4.98 Å². The van der Waals surface area contributed by atoms with Crippen LogP contribution >= 0.6 is 0 Å². The number of nitrogens with one attached hydrogen (secondary N) is 1. The van der Waals surface area contributed by atoms with Gasteiger partial charge in [-0.1, -0.05) is 6.07 Å². The predicted molar refractivity (Wildman–Crippen MR) is 85.5 cm³/mol. The van der Waals surface area contributed by atoms with Gasteiger partial charge in [-0.15, -0.1) is 0 Å². The Kier molecular flexibility index (Phi) is 5.30. The number of benzene rings is 1. The van der Waals surface area contributed by atoms with Crippen molar-refractivity contribution in [3.05, 3.63) is 53.9 Å². The quantitative estimate of drug-likeness (QED) is 0.858. The van der Waals surface area contributed by atoms with E-state index in [4.69, 9.17) is 9.47 Å². The number of carbonyl (C=O) groups excluding carboxylic acids is 2. The van der Waals surface area contributed by atoms with Gasteiger partial charge in [0, 0.05) is 12.4 Å². The molecule has 2 aromatic rings. The Morgan fingerprint density at radius 1 is 1.26 bits per heavy atom. The normalized spacial score (nSPS) is 11.4. The number of amides is 1. The van der Waals surface area contributed by atoms with Crippen LogP contribution in [0.5, 0.6) is 5.75 Å². The molecule has 1 N–H and O–H groups in total. The lowest BCUT2D eigenvalue weighted by atomic mass is 10.2. The number of pyridine rings is 1. The number of rotatable bonds is 5. The summed E-state index contributed by atoms with van der Waals surface area (Å²) in [6.45, 7) is 3.41. The summed E-state index contributed by atoms with van der Waals surface area (Å²) < 4.78 is 10.3. The number of ether oxygens (including phenoxy) is 2. The van der Waals surface area contributed by atoms with E-state index >= 15 is 0 Å². The van der Waals surface area contributed by atoms with Crippen molar-refractivity contribution in [2.75, 3.05) is 12.4 Å². The average Bonchev–Trinajstić information content (AvgIpc) is 2.55. The first-order valence-corrected chi connectivity index (χ1v) is 7.07. The number of carbonyl (C=O) groups is 2. The van der Waals surface area contributed by atoms with E-state index in [0.29, 0.717) is 17.0 Å². The number of hydrogen-bond donors (Lipinski definition) is 1. The van der Waals surface area contributed by atoms with E-state index in [1.165, 1.54) is 20.2 Å². The molecule has 0 radical (unpaired) electrons. The zero-order valence-electron chi connectivity index (χ0n) is 13.2. The Morgan fingerprint density at radius 2 is 2.04 bits per heavy atom. The molecule has 6 nitrogen and oxygen atoms in total. The lowest BCUT2D eigenvalue weighted by Crippen LogP contribution is -2.30. The third kappa shape index (κ3) is 4.29. The average molecular weight is 314 g/mol. The molecule has 1 atom stereocenters. The molecule has 1 amide bonds. The number of aryl methyl sites for hydroxylation is 1. The van der Waals surface area contributed by atoms with Crippen molar-refractivity contribution in [2.24, 2.45) is 0 Å². The second kappa shape index (κ2) is 7.40. The molecule has 0 aliphatic heterocycles. The molecular weight excluding hydrogens is 296 g/mol. The minimum absolute atomic E-state index is 0.292. The summed E-state index contributed by atoms with van der Waals surface area (Å²) in [7, 11) is 1.52. The maximum absolute atomic E-state index is 12.2. The molecule has 1 unspecified atom stereocenters. The van der Waals surface area contributed by atoms with Gasteiger partial charge in [0.15, 0.2) is 6.10 Å². The van der Waals surface area contributed by atoms with Crippen LogP contribution in [0, 0.1) is 6.92 Å². The van der Waals surface area contributed by atoms with Gasteiger partial charge in [-0.3, -0.25) is 9.78 Å². The first kappa shape index (κ1) is 16.5. The minimum Gasteiger partial charge on any atom is -0.495 e. The highest BCUT2D eigenvalue weighted by molar-refractivity contribution is 5.98. The molecule has 6 heteroatoms. The Morgan fingerprint density at radius 3 is 2.70 bits per heavy atom. The molecule has 1 aromatic carbocycles. The van der Waals surface area contributed by atoms with Crippen molar-refractivity contribution >= 4 is 17.6 Å². The second-order valence-corrected chi connectivity index (χ2v) is 4.98. The molecule has 2 rings (SSSR count). The highest BCUT2D eigenvalue weighted by Gasteiger charge is 2.20. The summed E-state index contributed by atoms with van der Waals surface area (Å²) in [5, 5.41) is 2.70. The highest BCUT2D eigenvalue weighted by Crippen LogP contribution is 2.25. The fourth-order valence-electron chi connectivity index (χ4n) is 1.92. The van der Waals surface area contributed by atoms with Crippen LogP contribution in [-0.4, -0.2) is 30.1 Å². The topological polar surface area (TPSA) is 77.5 Å². The van der Waals surface area contributed by atoms with Crippen molar-refractivity contribution in [3.8, 4) is 5.75 Å². The molecule has 0 fully saturated rings. The van der Waals surface area contributed by atoms with E-state index in [9.17, 15) is 9.59 Å². The van der Waals surface area contributed by atoms with E-state index in [1.54, 1.807) is 30.5 Å². The van der Waals surface area contributed by atoms with E-state index in [1.807, 2.05) is 13.0 Å². The molecular formula is C17H18N2O4. The molecule has 0 spiro atoms. The van der Waals surface area contributed by atoms with Gasteiger partial charge in [0.05, 0.1) is 18.4 Å². The molecule has 0 aliphatic rings. The van der Waals surface area contributed by atoms with Gasteiger partial charge in [-0.25, -0.2) is 4.79 Å². The summed E-state index contributed by atoms with van der Waals surface area (Å²) in [6.07, 6.45) is 1.99. The van der Waals surface area contributed by atoms with Crippen LogP contribution in [0.2, 0.25) is 0 Å². The third-order valence-electron chi connectivity index (χ3n) is 3.16. The van der Waals surface area contributed by atoms with Crippen molar-refractivity contribution in [1.29, 1.82) is 0 Å². The van der Waals surface area contributed by atoms with E-state index in [2.05, 4.69) is 10.3 Å². The van der Waals surface area contributed by atoms with Crippen LogP contribution in [0.3, 0.4) is 0 Å². The van der Waals surface area contributed by atoms with Gasteiger partial charge in [0.2, 0.25) is 0 Å². The van der Waals surface area contributed by atoms with Gasteiger partial charge in [-0.05, 0) is 43.7 Å². The largest absolute Gasteiger partial charge is 0.495 e. The molecule has 120 valence electrons. The summed E-state index contributed by atoms with van der Waals surface area (Å²) in [6, 6.07) is 8.62. The number of nitrogens with zero attached hydrogens (tertiary/aromatic N) is 1. The molecule has 1 aromatic heterocycles. The maximum Gasteiger partial charge on any atom is 0.340 e. The van der Waals surface area contributed by atoms with Gasteiger partial charge in [0.25, 0.3) is 5.91 Å². The molecule has 23 heavy (non-hydrogen) atoms. The first-order chi connectivity index (χ1) is 11.0. The Hall–Kier alpha value is -2.89. The zero-order chi connectivity index (χ0) is 16.8. The van der Waals surface area contributed by atoms with Crippen LogP contribution in [0.4, 0.5) is 5.69 Å². The van der Waals surface area contributed by atoms with Crippen LogP contribution in [0.1, 0.15) is 22.8 Å². The van der Waals surface area contributed by atoms with Crippen LogP contribution in [0.25, 0.3) is 0 Å². The number of aromatic nitrogens is 1. The Labute approximate surface area is 134 Å². The van der Waals surface area contributed by atoms with E-state index in [0.717, 1.165) is 5.56 Å². The third-order valence-corrected chi connectivity index (χ3v) is 3.16. The molecule has 0 aliphatic carbocycles. The Bertz CT molecular complexity index is 701. The van der Waals surface area contributed by atoms with E-state index < -0.39 is 18.0 Å². The summed E-state index contributed by atoms with van der Waals surface area (Å²) >= 11 is 0. The first-order valence-electron chi connectivity index (χ1n) is 7.07. The SMILES string of the molecule is COc1ccc(C)cc1NC(=O)C(C)OC(=O)c1cccnc1. The minimum atomic E-state index is -0.951. The highest BCUT2D eigenvalue weighted by atomic mass is 16.5. The maximum atomic E-state index is 12.2. The van der Waals surface area contributed by atoms with Crippen molar-refractivity contribution < 1.29 is 19.1 Å². The fraction of sp³-hybridized carbons (Fsp3) is 0.235. The molecule has 0 bridgehead atoms. The molecule has 0 saturated heterocycles. The van der Waals surface area contributed by atoms with Crippen LogP contribution in [-0.2, 0) is 9.53 Å². The second-order valence-electron chi connectivity index (χ2n) is 4.98. The molecule has 0 saturated carbocycles. The van der Waals surface area contributed by atoms with Gasteiger partial charge in [0.1, 0.15) is 5.75 Å². The number of hydrogen-bond acceptors (Lipinski definition) is 5. The number of methoxy groups -OCH3 is 1. The summed E-state index contributed by atoms with van der Waals surface area (Å²) in [5.41, 5.74) is 1.79. The molecule has 1 heterocycles. The lowest BCUT2D eigenvalue weighted by molar-refractivity contribution is -0.123. The standard InChI is InChI=1S/C17H18N2O4/c1-11-6-7-15(22-3)14(9-11)19-16(20)12(2)23-17(21)13-5-4-8-18-10-13/h4-10,12H,1-3H3,(H,19,20). The van der Waals surface area contributed by atoms with Crippen molar-refractivity contribution in [2.45, 2.75) is 20.0 Å². The van der Waals surface area contributed by atoms with Gasteiger partial charge < -0.3 is 14.8 Å². The summed E-state index contributed by atoms with van der Waals surface area (Å²) in [5.74, 6) is -0.502. The number of esters is 1. The fourth-order valence-corrected chi connectivity index (χ4v) is 1.92. The monoisotopic (exact) mass is 314 g/mol. The summed E-state index contributed by atoms with van der Waals surface area (Å²) in [4.78, 5) is 28.0. The van der Waals surface area contributed by atoms with Crippen LogP contribution in [0.15, 0.2) is 42.7 Å². The van der Waals surface area contributed by atoms with Gasteiger partial charge in [-0.2, -0.15) is 0 Å². The Balaban J connectivity index is 2.03. The van der Waals surface area contributed by atoms with Crippen molar-refractivity contribution in [3.63, 3.8) is 0 Å².